The largest absolute Gasteiger partial charge is 0.388 e. The molecule has 0 aromatic heterocycles. The predicted octanol–water partition coefficient (Wildman–Crippen LogP) is 2.55. The lowest BCUT2D eigenvalue weighted by Crippen LogP contribution is -2.50. The fourth-order valence-corrected chi connectivity index (χ4v) is 3.15. The lowest BCUT2D eigenvalue weighted by atomic mass is 9.95. The van der Waals surface area contributed by atoms with Crippen LogP contribution in [0.4, 0.5) is 0 Å². The van der Waals surface area contributed by atoms with Gasteiger partial charge in [-0.15, -0.1) is 0 Å². The zero-order chi connectivity index (χ0) is 15.4. The number of nitrogens with zero attached hydrogens (tertiary/aromatic N) is 2. The monoisotopic (exact) mass is 290 g/mol. The molecule has 1 heterocycles. The first-order chi connectivity index (χ1) is 9.95. The van der Waals surface area contributed by atoms with Gasteiger partial charge in [-0.2, -0.15) is 0 Å². The molecule has 1 aromatic carbocycles. The molecule has 1 saturated heterocycles. The molecule has 118 valence electrons. The van der Waals surface area contributed by atoms with Crippen molar-refractivity contribution in [2.45, 2.75) is 38.8 Å². The Kier molecular flexibility index (Phi) is 5.80. The van der Waals surface area contributed by atoms with Crippen LogP contribution >= 0.6 is 0 Å². The van der Waals surface area contributed by atoms with Crippen molar-refractivity contribution in [1.82, 2.24) is 9.80 Å². The SMILES string of the molecule is CC(C)Cc1cccc(C(O)CC2CN(C)CCN2C)c1. The number of likely N-dealkylation sites (N-methyl/N-ethyl adjacent to an activating group) is 2. The summed E-state index contributed by atoms with van der Waals surface area (Å²) >= 11 is 0. The van der Waals surface area contributed by atoms with Gasteiger partial charge in [-0.25, -0.2) is 0 Å². The highest BCUT2D eigenvalue weighted by atomic mass is 16.3. The number of piperazine rings is 1. The van der Waals surface area contributed by atoms with E-state index in [-0.39, 0.29) is 6.10 Å². The average molecular weight is 290 g/mol. The Morgan fingerprint density at radius 3 is 2.71 bits per heavy atom. The third-order valence-corrected chi connectivity index (χ3v) is 4.46. The molecule has 0 bridgehead atoms. The van der Waals surface area contributed by atoms with E-state index in [1.807, 2.05) is 0 Å². The molecule has 0 aliphatic carbocycles. The minimum Gasteiger partial charge on any atom is -0.388 e. The number of rotatable bonds is 5. The minimum absolute atomic E-state index is 0.365. The van der Waals surface area contributed by atoms with Gasteiger partial charge in [0.1, 0.15) is 0 Å². The van der Waals surface area contributed by atoms with Crippen LogP contribution in [0.3, 0.4) is 0 Å². The van der Waals surface area contributed by atoms with E-state index in [2.05, 4.69) is 62.0 Å². The summed E-state index contributed by atoms with van der Waals surface area (Å²) in [4.78, 5) is 4.73. The molecular formula is C18H30N2O. The molecule has 0 spiro atoms. The van der Waals surface area contributed by atoms with Gasteiger partial charge >= 0.3 is 0 Å². The van der Waals surface area contributed by atoms with Crippen molar-refractivity contribution in [3.63, 3.8) is 0 Å². The van der Waals surface area contributed by atoms with Crippen molar-refractivity contribution < 1.29 is 5.11 Å². The van der Waals surface area contributed by atoms with Crippen LogP contribution < -0.4 is 0 Å². The van der Waals surface area contributed by atoms with Crippen molar-refractivity contribution in [2.75, 3.05) is 33.7 Å². The molecule has 1 aliphatic rings. The molecular weight excluding hydrogens is 260 g/mol. The summed E-state index contributed by atoms with van der Waals surface area (Å²) in [7, 11) is 4.33. The zero-order valence-corrected chi connectivity index (χ0v) is 13.9. The first-order valence-electron chi connectivity index (χ1n) is 8.11. The maximum atomic E-state index is 10.6. The molecule has 2 rings (SSSR count). The molecule has 21 heavy (non-hydrogen) atoms. The summed E-state index contributed by atoms with van der Waals surface area (Å²) < 4.78 is 0. The van der Waals surface area contributed by atoms with Gasteiger partial charge in [0.2, 0.25) is 0 Å². The number of benzene rings is 1. The van der Waals surface area contributed by atoms with Crippen molar-refractivity contribution in [3.05, 3.63) is 35.4 Å². The van der Waals surface area contributed by atoms with Crippen LogP contribution in [-0.4, -0.2) is 54.7 Å². The van der Waals surface area contributed by atoms with Gasteiger partial charge in [-0.3, -0.25) is 0 Å². The second-order valence-electron chi connectivity index (χ2n) is 6.99. The molecule has 1 aliphatic heterocycles. The minimum atomic E-state index is -0.365. The van der Waals surface area contributed by atoms with E-state index in [9.17, 15) is 5.11 Å². The second-order valence-corrected chi connectivity index (χ2v) is 6.99. The Balaban J connectivity index is 2.00. The van der Waals surface area contributed by atoms with E-state index in [1.165, 1.54) is 5.56 Å². The fourth-order valence-electron chi connectivity index (χ4n) is 3.15. The molecule has 0 amide bonds. The molecule has 2 unspecified atom stereocenters. The molecule has 1 fully saturated rings. The first kappa shape index (κ1) is 16.5. The summed E-state index contributed by atoms with van der Waals surface area (Å²) in [5, 5.41) is 10.6. The number of aliphatic hydroxyl groups is 1. The molecule has 1 N–H and O–H groups in total. The maximum Gasteiger partial charge on any atom is 0.0805 e. The Morgan fingerprint density at radius 1 is 1.24 bits per heavy atom. The maximum absolute atomic E-state index is 10.6. The van der Waals surface area contributed by atoms with Crippen LogP contribution in [0, 0.1) is 5.92 Å². The number of hydrogen-bond donors (Lipinski definition) is 1. The molecule has 1 aromatic rings. The van der Waals surface area contributed by atoms with E-state index in [0.29, 0.717) is 12.0 Å². The van der Waals surface area contributed by atoms with Gasteiger partial charge in [0.15, 0.2) is 0 Å². The highest BCUT2D eigenvalue weighted by Crippen LogP contribution is 2.23. The highest BCUT2D eigenvalue weighted by molar-refractivity contribution is 5.25. The Labute approximate surface area is 129 Å². The van der Waals surface area contributed by atoms with Gasteiger partial charge < -0.3 is 14.9 Å². The van der Waals surface area contributed by atoms with Crippen molar-refractivity contribution in [2.24, 2.45) is 5.92 Å². The first-order valence-corrected chi connectivity index (χ1v) is 8.11. The molecule has 0 saturated carbocycles. The predicted molar refractivity (Wildman–Crippen MR) is 88.5 cm³/mol. The fraction of sp³-hybridized carbons (Fsp3) is 0.667. The average Bonchev–Trinajstić information content (AvgIpc) is 2.42. The molecule has 2 atom stereocenters. The number of hydrogen-bond acceptors (Lipinski definition) is 3. The normalized spacial score (nSPS) is 22.7. The van der Waals surface area contributed by atoms with Crippen LogP contribution in [0.1, 0.15) is 37.5 Å². The second kappa shape index (κ2) is 7.39. The summed E-state index contributed by atoms with van der Waals surface area (Å²) in [5.41, 5.74) is 2.39. The number of aliphatic hydroxyl groups excluding tert-OH is 1. The standard InChI is InChI=1S/C18H30N2O/c1-14(2)10-15-6-5-7-16(11-15)18(21)12-17-13-19(3)8-9-20(17)4/h5-7,11,14,17-18,21H,8-10,12-13H2,1-4H3. The topological polar surface area (TPSA) is 26.7 Å². The quantitative estimate of drug-likeness (QED) is 0.903. The lowest BCUT2D eigenvalue weighted by molar-refractivity contribution is 0.0634. The molecule has 3 heteroatoms. The van der Waals surface area contributed by atoms with Crippen LogP contribution in [0.25, 0.3) is 0 Å². The van der Waals surface area contributed by atoms with Gasteiger partial charge in [0.05, 0.1) is 6.10 Å². The highest BCUT2D eigenvalue weighted by Gasteiger charge is 2.25. The Bertz CT molecular complexity index is 447. The van der Waals surface area contributed by atoms with E-state index < -0.39 is 0 Å². The van der Waals surface area contributed by atoms with Crippen LogP contribution in [0.15, 0.2) is 24.3 Å². The van der Waals surface area contributed by atoms with Gasteiger partial charge in [0.25, 0.3) is 0 Å². The summed E-state index contributed by atoms with van der Waals surface area (Å²) in [5.74, 6) is 0.649. The van der Waals surface area contributed by atoms with Crippen LogP contribution in [0.2, 0.25) is 0 Å². The third kappa shape index (κ3) is 4.80. The Morgan fingerprint density at radius 2 is 2.00 bits per heavy atom. The van der Waals surface area contributed by atoms with E-state index in [1.54, 1.807) is 0 Å². The van der Waals surface area contributed by atoms with E-state index in [0.717, 1.165) is 38.0 Å². The summed E-state index contributed by atoms with van der Waals surface area (Å²) in [6.07, 6.45) is 1.52. The van der Waals surface area contributed by atoms with Crippen molar-refractivity contribution >= 4 is 0 Å². The summed E-state index contributed by atoms with van der Waals surface area (Å²) in [6.45, 7) is 7.71. The Hall–Kier alpha value is -0.900. The van der Waals surface area contributed by atoms with Crippen LogP contribution in [0.5, 0.6) is 0 Å². The van der Waals surface area contributed by atoms with Gasteiger partial charge in [-0.1, -0.05) is 38.1 Å². The lowest BCUT2D eigenvalue weighted by Gasteiger charge is -2.38. The summed E-state index contributed by atoms with van der Waals surface area (Å²) in [6, 6.07) is 8.91. The van der Waals surface area contributed by atoms with Crippen molar-refractivity contribution in [3.8, 4) is 0 Å². The molecule has 3 nitrogen and oxygen atoms in total. The third-order valence-electron chi connectivity index (χ3n) is 4.46. The van der Waals surface area contributed by atoms with Crippen LogP contribution in [-0.2, 0) is 6.42 Å². The van der Waals surface area contributed by atoms with Crippen molar-refractivity contribution in [1.29, 1.82) is 0 Å². The van der Waals surface area contributed by atoms with E-state index in [4.69, 9.17) is 0 Å². The zero-order valence-electron chi connectivity index (χ0n) is 13.9. The van der Waals surface area contributed by atoms with E-state index >= 15 is 0 Å². The molecule has 0 radical (unpaired) electrons. The van der Waals surface area contributed by atoms with Gasteiger partial charge in [0, 0.05) is 25.7 Å². The van der Waals surface area contributed by atoms with Gasteiger partial charge in [-0.05, 0) is 44.0 Å². The smallest absolute Gasteiger partial charge is 0.0805 e.